The minimum absolute atomic E-state index is 0.106. The van der Waals surface area contributed by atoms with Crippen molar-refractivity contribution in [1.29, 1.82) is 0 Å². The first-order valence-electron chi connectivity index (χ1n) is 3.86. The molecule has 66 valence electrons. The van der Waals surface area contributed by atoms with E-state index in [9.17, 15) is 0 Å². The van der Waals surface area contributed by atoms with Crippen LogP contribution < -0.4 is 0 Å². The van der Waals surface area contributed by atoms with Crippen LogP contribution in [0.4, 0.5) is 0 Å². The average Bonchev–Trinajstić information content (AvgIpc) is 1.82. The number of hydrogen-bond acceptors (Lipinski definition) is 0. The maximum atomic E-state index is 5.87. The zero-order valence-electron chi connectivity index (χ0n) is 7.49. The third-order valence-electron chi connectivity index (χ3n) is 1.73. The summed E-state index contributed by atoms with van der Waals surface area (Å²) < 4.78 is 0. The van der Waals surface area contributed by atoms with Gasteiger partial charge in [-0.05, 0) is 29.2 Å². The standard InChI is InChI=1S/C10H12Cl2/c1-10(2,3)7-4-8(11)6-9(12)5-7/h4-6H,1-3H3. The van der Waals surface area contributed by atoms with Crippen LogP contribution in [0.25, 0.3) is 0 Å². The van der Waals surface area contributed by atoms with Crippen LogP contribution >= 0.6 is 23.2 Å². The van der Waals surface area contributed by atoms with Crippen molar-refractivity contribution in [2.45, 2.75) is 26.2 Å². The van der Waals surface area contributed by atoms with Crippen molar-refractivity contribution in [3.05, 3.63) is 33.8 Å². The molecule has 0 amide bonds. The Bertz CT molecular complexity index is 264. The van der Waals surface area contributed by atoms with Crippen LogP contribution in [0.3, 0.4) is 0 Å². The monoisotopic (exact) mass is 202 g/mol. The van der Waals surface area contributed by atoms with Gasteiger partial charge in [0.05, 0.1) is 0 Å². The summed E-state index contributed by atoms with van der Waals surface area (Å²) in [6, 6.07) is 5.65. The normalized spacial score (nSPS) is 11.8. The van der Waals surface area contributed by atoms with Gasteiger partial charge in [0.25, 0.3) is 0 Å². The van der Waals surface area contributed by atoms with E-state index in [4.69, 9.17) is 23.2 Å². The molecular weight excluding hydrogens is 191 g/mol. The van der Waals surface area contributed by atoms with Crippen LogP contribution in [0.15, 0.2) is 18.2 Å². The first-order valence-corrected chi connectivity index (χ1v) is 4.62. The Kier molecular flexibility index (Phi) is 2.70. The summed E-state index contributed by atoms with van der Waals surface area (Å²) >= 11 is 11.7. The number of halogens is 2. The molecule has 0 aliphatic carbocycles. The molecule has 0 nitrogen and oxygen atoms in total. The van der Waals surface area contributed by atoms with Crippen LogP contribution in [0.5, 0.6) is 0 Å². The summed E-state index contributed by atoms with van der Waals surface area (Å²) in [7, 11) is 0. The molecule has 0 N–H and O–H groups in total. The fourth-order valence-electron chi connectivity index (χ4n) is 0.987. The van der Waals surface area contributed by atoms with Crippen molar-refractivity contribution in [3.63, 3.8) is 0 Å². The minimum Gasteiger partial charge on any atom is -0.0843 e. The smallest absolute Gasteiger partial charge is 0.0423 e. The maximum absolute atomic E-state index is 5.87. The van der Waals surface area contributed by atoms with Gasteiger partial charge in [0, 0.05) is 10.0 Å². The highest BCUT2D eigenvalue weighted by molar-refractivity contribution is 6.34. The fourth-order valence-corrected chi connectivity index (χ4v) is 1.51. The molecule has 0 atom stereocenters. The highest BCUT2D eigenvalue weighted by atomic mass is 35.5. The second-order valence-corrected chi connectivity index (χ2v) is 4.78. The van der Waals surface area contributed by atoms with Gasteiger partial charge in [-0.3, -0.25) is 0 Å². The molecule has 1 aromatic rings. The van der Waals surface area contributed by atoms with Gasteiger partial charge in [0.15, 0.2) is 0 Å². The molecule has 0 saturated heterocycles. The lowest BCUT2D eigenvalue weighted by Crippen LogP contribution is -2.10. The van der Waals surface area contributed by atoms with E-state index in [1.165, 1.54) is 5.56 Å². The summed E-state index contributed by atoms with van der Waals surface area (Å²) in [5.41, 5.74) is 1.27. The van der Waals surface area contributed by atoms with Crippen molar-refractivity contribution >= 4 is 23.2 Å². The lowest BCUT2D eigenvalue weighted by molar-refractivity contribution is 0.590. The topological polar surface area (TPSA) is 0 Å². The first kappa shape index (κ1) is 9.88. The van der Waals surface area contributed by atoms with Gasteiger partial charge >= 0.3 is 0 Å². The molecule has 0 bridgehead atoms. The predicted molar refractivity (Wildman–Crippen MR) is 55.2 cm³/mol. The molecule has 12 heavy (non-hydrogen) atoms. The number of hydrogen-bond donors (Lipinski definition) is 0. The molecule has 2 heteroatoms. The van der Waals surface area contributed by atoms with Gasteiger partial charge in [-0.1, -0.05) is 44.0 Å². The van der Waals surface area contributed by atoms with Gasteiger partial charge in [0.1, 0.15) is 0 Å². The largest absolute Gasteiger partial charge is 0.0843 e. The third kappa shape index (κ3) is 2.40. The van der Waals surface area contributed by atoms with Crippen LogP contribution in [-0.4, -0.2) is 0 Å². The van der Waals surface area contributed by atoms with Crippen LogP contribution in [0.1, 0.15) is 26.3 Å². The van der Waals surface area contributed by atoms with Crippen LogP contribution in [-0.2, 0) is 5.41 Å². The summed E-state index contributed by atoms with van der Waals surface area (Å²) in [6.07, 6.45) is 0. The molecule has 0 fully saturated rings. The summed E-state index contributed by atoms with van der Waals surface area (Å²) in [4.78, 5) is 0. The van der Waals surface area contributed by atoms with Gasteiger partial charge in [-0.2, -0.15) is 0 Å². The Morgan fingerprint density at radius 2 is 1.33 bits per heavy atom. The Labute approximate surface area is 83.5 Å². The zero-order chi connectivity index (χ0) is 9.35. The van der Waals surface area contributed by atoms with E-state index in [1.807, 2.05) is 12.1 Å². The van der Waals surface area contributed by atoms with Crippen molar-refractivity contribution in [3.8, 4) is 0 Å². The Morgan fingerprint density at radius 1 is 0.917 bits per heavy atom. The zero-order valence-corrected chi connectivity index (χ0v) is 9.00. The first-order chi connectivity index (χ1) is 5.39. The van der Waals surface area contributed by atoms with Gasteiger partial charge in [-0.25, -0.2) is 0 Å². The van der Waals surface area contributed by atoms with E-state index in [2.05, 4.69) is 20.8 Å². The molecule has 1 aromatic carbocycles. The van der Waals surface area contributed by atoms with Crippen molar-refractivity contribution < 1.29 is 0 Å². The van der Waals surface area contributed by atoms with E-state index in [0.29, 0.717) is 10.0 Å². The lowest BCUT2D eigenvalue weighted by Gasteiger charge is -2.19. The minimum atomic E-state index is 0.106. The van der Waals surface area contributed by atoms with E-state index in [0.717, 1.165) is 0 Å². The van der Waals surface area contributed by atoms with E-state index in [-0.39, 0.29) is 5.41 Å². The van der Waals surface area contributed by atoms with Crippen molar-refractivity contribution in [2.24, 2.45) is 0 Å². The Morgan fingerprint density at radius 3 is 1.67 bits per heavy atom. The third-order valence-corrected chi connectivity index (χ3v) is 2.17. The molecule has 0 aliphatic heterocycles. The number of benzene rings is 1. The fraction of sp³-hybridized carbons (Fsp3) is 0.400. The highest BCUT2D eigenvalue weighted by Crippen LogP contribution is 2.28. The van der Waals surface area contributed by atoms with E-state index in [1.54, 1.807) is 6.07 Å². The second kappa shape index (κ2) is 3.27. The van der Waals surface area contributed by atoms with Gasteiger partial charge in [0.2, 0.25) is 0 Å². The van der Waals surface area contributed by atoms with Crippen molar-refractivity contribution in [2.75, 3.05) is 0 Å². The molecule has 0 heterocycles. The Balaban J connectivity index is 3.18. The SMILES string of the molecule is CC(C)(C)c1cc(Cl)cc(Cl)c1. The molecule has 1 rings (SSSR count). The second-order valence-electron chi connectivity index (χ2n) is 3.91. The molecule has 0 aromatic heterocycles. The molecule has 0 saturated carbocycles. The molecule has 0 spiro atoms. The Hall–Kier alpha value is -0.200. The van der Waals surface area contributed by atoms with E-state index < -0.39 is 0 Å². The molecule has 0 unspecified atom stereocenters. The summed E-state index contributed by atoms with van der Waals surface area (Å²) in [5, 5.41) is 1.40. The van der Waals surface area contributed by atoms with Crippen LogP contribution in [0.2, 0.25) is 10.0 Å². The van der Waals surface area contributed by atoms with Crippen molar-refractivity contribution in [1.82, 2.24) is 0 Å². The molecule has 0 aliphatic rings. The van der Waals surface area contributed by atoms with Crippen LogP contribution in [0, 0.1) is 0 Å². The molecule has 0 radical (unpaired) electrons. The van der Waals surface area contributed by atoms with Gasteiger partial charge in [-0.15, -0.1) is 0 Å². The lowest BCUT2D eigenvalue weighted by atomic mass is 9.87. The highest BCUT2D eigenvalue weighted by Gasteiger charge is 2.14. The number of rotatable bonds is 0. The maximum Gasteiger partial charge on any atom is 0.0423 e. The van der Waals surface area contributed by atoms with Gasteiger partial charge < -0.3 is 0 Å². The average molecular weight is 203 g/mol. The molecular formula is C10H12Cl2. The van der Waals surface area contributed by atoms with E-state index >= 15 is 0 Å². The quantitative estimate of drug-likeness (QED) is 0.589. The summed E-state index contributed by atoms with van der Waals surface area (Å²) in [5.74, 6) is 0. The summed E-state index contributed by atoms with van der Waals surface area (Å²) in [6.45, 7) is 6.40. The predicted octanol–water partition coefficient (Wildman–Crippen LogP) is 4.29.